The molecule has 0 aliphatic carbocycles. The molecule has 0 amide bonds. The van der Waals surface area contributed by atoms with Crippen LogP contribution in [0.1, 0.15) is 0 Å². The highest BCUT2D eigenvalue weighted by atomic mass is 16.3. The van der Waals surface area contributed by atoms with Gasteiger partial charge in [-0.15, -0.1) is 0 Å². The first-order valence-corrected chi connectivity index (χ1v) is 15.5. The van der Waals surface area contributed by atoms with Crippen molar-refractivity contribution in [3.63, 3.8) is 0 Å². The lowest BCUT2D eigenvalue weighted by Crippen LogP contribution is -1.94. The summed E-state index contributed by atoms with van der Waals surface area (Å²) in [6.07, 6.45) is 0. The molecule has 10 rings (SSSR count). The zero-order valence-corrected chi connectivity index (χ0v) is 24.4. The third-order valence-electron chi connectivity index (χ3n) is 9.61. The molecule has 0 unspecified atom stereocenters. The van der Waals surface area contributed by atoms with Crippen LogP contribution in [-0.2, 0) is 0 Å². The van der Waals surface area contributed by atoms with E-state index in [1.54, 1.807) is 0 Å². The van der Waals surface area contributed by atoms with Crippen molar-refractivity contribution in [3.8, 4) is 33.4 Å². The Morgan fingerprint density at radius 3 is 1.56 bits per heavy atom. The molecule has 9 aromatic carbocycles. The summed E-state index contributed by atoms with van der Waals surface area (Å²) in [5, 5.41) is 12.4. The molecule has 10 aromatic rings. The van der Waals surface area contributed by atoms with Crippen molar-refractivity contribution in [2.45, 2.75) is 0 Å². The van der Waals surface area contributed by atoms with E-state index in [9.17, 15) is 0 Å². The van der Waals surface area contributed by atoms with Crippen LogP contribution >= 0.6 is 0 Å². The largest absolute Gasteiger partial charge is 0.456 e. The predicted molar refractivity (Wildman–Crippen MR) is 191 cm³/mol. The van der Waals surface area contributed by atoms with Crippen molar-refractivity contribution < 1.29 is 4.42 Å². The van der Waals surface area contributed by atoms with Gasteiger partial charge in [0.2, 0.25) is 0 Å². The van der Waals surface area contributed by atoms with E-state index < -0.39 is 0 Å². The summed E-state index contributed by atoms with van der Waals surface area (Å²) in [6.45, 7) is 0. The summed E-state index contributed by atoms with van der Waals surface area (Å²) in [4.78, 5) is 0. The van der Waals surface area contributed by atoms with Crippen molar-refractivity contribution in [3.05, 3.63) is 158 Å². The van der Waals surface area contributed by atoms with Gasteiger partial charge in [-0.05, 0) is 107 Å². The number of hydrogen-bond acceptors (Lipinski definition) is 1. The SMILES string of the molecule is c1ccc(-c2cc3ccccc3cc2-c2c3ccccc3c(-c3ccc4oc5cccc6ccc3c4c65)c3ccccc23)cc1. The standard InChI is InChI=1S/C44H26O/c1-2-11-27(12-3-1)37-25-29-13-4-5-14-30(29)26-38(37)43-33-18-8-6-16-31(33)42(32-17-7-9-19-34(32)43)35-23-24-40-44-36(35)22-21-28-15-10-20-39(45-40)41(28)44/h1-26H. The number of rotatable bonds is 3. The summed E-state index contributed by atoms with van der Waals surface area (Å²) in [7, 11) is 0. The van der Waals surface area contributed by atoms with Crippen LogP contribution in [0.25, 0.3) is 98.4 Å². The molecule has 0 N–H and O–H groups in total. The maximum atomic E-state index is 6.35. The van der Waals surface area contributed by atoms with Gasteiger partial charge in [-0.1, -0.05) is 127 Å². The van der Waals surface area contributed by atoms with Crippen LogP contribution < -0.4 is 0 Å². The van der Waals surface area contributed by atoms with Gasteiger partial charge in [-0.25, -0.2) is 0 Å². The number of hydrogen-bond donors (Lipinski definition) is 0. The molecule has 0 spiro atoms. The minimum absolute atomic E-state index is 0.939. The monoisotopic (exact) mass is 570 g/mol. The third-order valence-corrected chi connectivity index (χ3v) is 9.61. The minimum Gasteiger partial charge on any atom is -0.456 e. The summed E-state index contributed by atoms with van der Waals surface area (Å²) in [5.74, 6) is 0. The summed E-state index contributed by atoms with van der Waals surface area (Å²) in [5.41, 5.74) is 9.37. The van der Waals surface area contributed by atoms with E-state index in [0.29, 0.717) is 0 Å². The molecule has 1 nitrogen and oxygen atoms in total. The molecule has 0 aliphatic rings. The fourth-order valence-corrected chi connectivity index (χ4v) is 7.68. The van der Waals surface area contributed by atoms with Crippen LogP contribution in [0.2, 0.25) is 0 Å². The first-order valence-electron chi connectivity index (χ1n) is 15.5. The molecule has 1 heteroatoms. The van der Waals surface area contributed by atoms with Gasteiger partial charge in [0.05, 0.1) is 0 Å². The maximum Gasteiger partial charge on any atom is 0.136 e. The van der Waals surface area contributed by atoms with Gasteiger partial charge in [0.15, 0.2) is 0 Å². The Balaban J connectivity index is 1.37. The van der Waals surface area contributed by atoms with E-state index in [2.05, 4.69) is 158 Å². The molecular formula is C44H26O. The number of furan rings is 1. The highest BCUT2D eigenvalue weighted by Crippen LogP contribution is 2.49. The van der Waals surface area contributed by atoms with Crippen molar-refractivity contribution in [1.29, 1.82) is 0 Å². The van der Waals surface area contributed by atoms with Crippen LogP contribution in [0.3, 0.4) is 0 Å². The Morgan fingerprint density at radius 2 is 0.867 bits per heavy atom. The van der Waals surface area contributed by atoms with E-state index in [1.807, 2.05) is 0 Å². The van der Waals surface area contributed by atoms with Crippen molar-refractivity contribution in [2.24, 2.45) is 0 Å². The van der Waals surface area contributed by atoms with Crippen LogP contribution in [0, 0.1) is 0 Å². The van der Waals surface area contributed by atoms with E-state index in [1.165, 1.54) is 87.2 Å². The van der Waals surface area contributed by atoms with Gasteiger partial charge < -0.3 is 4.42 Å². The molecule has 1 heterocycles. The summed E-state index contributed by atoms with van der Waals surface area (Å²) >= 11 is 0. The molecule has 208 valence electrons. The van der Waals surface area contributed by atoms with E-state index in [4.69, 9.17) is 4.42 Å². The smallest absolute Gasteiger partial charge is 0.136 e. The lowest BCUT2D eigenvalue weighted by molar-refractivity contribution is 0.669. The molecule has 0 saturated heterocycles. The summed E-state index contributed by atoms with van der Waals surface area (Å²) < 4.78 is 6.35. The molecule has 0 radical (unpaired) electrons. The summed E-state index contributed by atoms with van der Waals surface area (Å²) in [6, 6.07) is 57.4. The second kappa shape index (κ2) is 9.29. The topological polar surface area (TPSA) is 13.1 Å². The van der Waals surface area contributed by atoms with Gasteiger partial charge in [-0.2, -0.15) is 0 Å². The molecule has 0 atom stereocenters. The van der Waals surface area contributed by atoms with Crippen molar-refractivity contribution in [2.75, 3.05) is 0 Å². The molecule has 0 aliphatic heterocycles. The molecule has 0 saturated carbocycles. The number of fused-ring (bicyclic) bond motifs is 3. The molecule has 0 fully saturated rings. The Labute approximate surface area is 259 Å². The second-order valence-corrected chi connectivity index (χ2v) is 12.0. The molecular weight excluding hydrogens is 544 g/mol. The minimum atomic E-state index is 0.939. The second-order valence-electron chi connectivity index (χ2n) is 12.0. The number of benzene rings is 9. The molecule has 45 heavy (non-hydrogen) atoms. The zero-order valence-electron chi connectivity index (χ0n) is 24.4. The van der Waals surface area contributed by atoms with Crippen LogP contribution in [0.5, 0.6) is 0 Å². The third kappa shape index (κ3) is 3.50. The van der Waals surface area contributed by atoms with Crippen LogP contribution in [-0.4, -0.2) is 0 Å². The Bertz CT molecular complexity index is 2690. The normalized spacial score (nSPS) is 12.0. The Morgan fingerprint density at radius 1 is 0.311 bits per heavy atom. The average molecular weight is 571 g/mol. The zero-order chi connectivity index (χ0) is 29.5. The van der Waals surface area contributed by atoms with Gasteiger partial charge in [0, 0.05) is 10.8 Å². The van der Waals surface area contributed by atoms with Crippen molar-refractivity contribution >= 4 is 65.0 Å². The quantitative estimate of drug-likeness (QED) is 0.152. The lowest BCUT2D eigenvalue weighted by atomic mass is 9.82. The predicted octanol–water partition coefficient (Wildman–Crippen LogP) is 12.6. The van der Waals surface area contributed by atoms with Crippen molar-refractivity contribution in [1.82, 2.24) is 0 Å². The fraction of sp³-hybridized carbons (Fsp3) is 0. The van der Waals surface area contributed by atoms with Crippen LogP contribution in [0.15, 0.2) is 162 Å². The highest BCUT2D eigenvalue weighted by molar-refractivity contribution is 6.29. The molecule has 1 aromatic heterocycles. The van der Waals surface area contributed by atoms with Gasteiger partial charge in [0.25, 0.3) is 0 Å². The first-order chi connectivity index (χ1) is 22.3. The van der Waals surface area contributed by atoms with Gasteiger partial charge >= 0.3 is 0 Å². The lowest BCUT2D eigenvalue weighted by Gasteiger charge is -2.21. The van der Waals surface area contributed by atoms with E-state index in [-0.39, 0.29) is 0 Å². The van der Waals surface area contributed by atoms with Gasteiger partial charge in [0.1, 0.15) is 11.2 Å². The van der Waals surface area contributed by atoms with E-state index >= 15 is 0 Å². The van der Waals surface area contributed by atoms with Crippen LogP contribution in [0.4, 0.5) is 0 Å². The molecule has 0 bridgehead atoms. The highest BCUT2D eigenvalue weighted by Gasteiger charge is 2.22. The average Bonchev–Trinajstić information content (AvgIpc) is 3.49. The maximum absolute atomic E-state index is 6.35. The Hall–Kier alpha value is -5.92. The van der Waals surface area contributed by atoms with E-state index in [0.717, 1.165) is 11.2 Å². The van der Waals surface area contributed by atoms with Gasteiger partial charge in [-0.3, -0.25) is 0 Å². The Kier molecular flexibility index (Phi) is 5.06. The first kappa shape index (κ1) is 24.5. The fourth-order valence-electron chi connectivity index (χ4n) is 7.68.